The molecule has 0 spiro atoms. The van der Waals surface area contributed by atoms with E-state index >= 15 is 0 Å². The van der Waals surface area contributed by atoms with Gasteiger partial charge in [0.1, 0.15) is 0 Å². The first-order valence-corrected chi connectivity index (χ1v) is 6.57. The highest BCUT2D eigenvalue weighted by Gasteiger charge is 2.17. The lowest BCUT2D eigenvalue weighted by atomic mass is 10.1. The van der Waals surface area contributed by atoms with Crippen LogP contribution in [0.3, 0.4) is 0 Å². The maximum Gasteiger partial charge on any atom is 0.261 e. The van der Waals surface area contributed by atoms with Gasteiger partial charge in [0.15, 0.2) is 0 Å². The molecular weight excluding hydrogens is 218 g/mol. The lowest BCUT2D eigenvalue weighted by molar-refractivity contribution is 0.0923. The summed E-state index contributed by atoms with van der Waals surface area (Å²) >= 11 is 1.59. The van der Waals surface area contributed by atoms with Gasteiger partial charge in [-0.3, -0.25) is 4.79 Å². The van der Waals surface area contributed by atoms with Crippen molar-refractivity contribution in [3.8, 4) is 0 Å². The van der Waals surface area contributed by atoms with Crippen LogP contribution in [0, 0.1) is 6.92 Å². The molecule has 0 saturated carbocycles. The van der Waals surface area contributed by atoms with E-state index in [1.54, 1.807) is 11.3 Å². The van der Waals surface area contributed by atoms with Gasteiger partial charge in [-0.1, -0.05) is 13.3 Å². The fourth-order valence-electron chi connectivity index (χ4n) is 1.55. The van der Waals surface area contributed by atoms with E-state index in [2.05, 4.69) is 19.2 Å². The Hall–Kier alpha value is -0.830. The van der Waals surface area contributed by atoms with E-state index in [1.807, 2.05) is 26.8 Å². The third-order valence-corrected chi connectivity index (χ3v) is 3.34. The molecule has 1 rings (SSSR count). The second-order valence-corrected chi connectivity index (χ2v) is 6.40. The summed E-state index contributed by atoms with van der Waals surface area (Å²) in [5, 5.41) is 2.99. The topological polar surface area (TPSA) is 29.1 Å². The van der Waals surface area contributed by atoms with Crippen LogP contribution in [0.25, 0.3) is 0 Å². The minimum absolute atomic E-state index is 0.0444. The molecule has 0 aliphatic heterocycles. The molecule has 1 N–H and O–H groups in total. The Bertz CT molecular complexity index is 374. The average Bonchev–Trinajstić information content (AvgIpc) is 2.46. The second-order valence-electron chi connectivity index (χ2n) is 5.15. The van der Waals surface area contributed by atoms with Crippen molar-refractivity contribution in [1.29, 1.82) is 0 Å². The average molecular weight is 239 g/mol. The van der Waals surface area contributed by atoms with E-state index in [9.17, 15) is 4.79 Å². The maximum absolute atomic E-state index is 11.9. The Kier molecular flexibility index (Phi) is 4.14. The molecule has 1 amide bonds. The number of hydrogen-bond acceptors (Lipinski definition) is 2. The van der Waals surface area contributed by atoms with Crippen molar-refractivity contribution >= 4 is 17.2 Å². The van der Waals surface area contributed by atoms with E-state index in [-0.39, 0.29) is 11.4 Å². The van der Waals surface area contributed by atoms with Gasteiger partial charge < -0.3 is 5.32 Å². The van der Waals surface area contributed by atoms with Gasteiger partial charge in [-0.25, -0.2) is 0 Å². The number of nitrogens with one attached hydrogen (secondary N) is 1. The number of hydrogen-bond donors (Lipinski definition) is 1. The van der Waals surface area contributed by atoms with Crippen molar-refractivity contribution in [3.63, 3.8) is 0 Å². The third kappa shape index (κ3) is 3.63. The number of thiophene rings is 1. The van der Waals surface area contributed by atoms with Crippen LogP contribution < -0.4 is 5.32 Å². The molecule has 16 heavy (non-hydrogen) atoms. The number of rotatable bonds is 3. The predicted octanol–water partition coefficient (Wildman–Crippen LogP) is 3.54. The van der Waals surface area contributed by atoms with Crippen molar-refractivity contribution in [2.75, 3.05) is 0 Å². The molecule has 1 aromatic rings. The summed E-state index contributed by atoms with van der Waals surface area (Å²) in [6.45, 7) is 10.2. The molecule has 0 saturated heterocycles. The Morgan fingerprint density at radius 3 is 2.56 bits per heavy atom. The standard InChI is InChI=1S/C13H21NOS/c1-6-7-10-8-11(16-9(10)2)12(15)14-13(3,4)5/h8H,6-7H2,1-5H3,(H,14,15). The molecule has 2 nitrogen and oxygen atoms in total. The maximum atomic E-state index is 11.9. The number of aryl methyl sites for hydroxylation is 2. The molecule has 1 heterocycles. The van der Waals surface area contributed by atoms with Crippen LogP contribution >= 0.6 is 11.3 Å². The van der Waals surface area contributed by atoms with Crippen LogP contribution in [-0.4, -0.2) is 11.4 Å². The molecular formula is C13H21NOS. The molecule has 0 atom stereocenters. The van der Waals surface area contributed by atoms with Crippen LogP contribution in [0.5, 0.6) is 0 Å². The fraction of sp³-hybridized carbons (Fsp3) is 0.615. The zero-order chi connectivity index (χ0) is 12.3. The first-order valence-electron chi connectivity index (χ1n) is 5.75. The molecule has 0 aliphatic carbocycles. The lowest BCUT2D eigenvalue weighted by Gasteiger charge is -2.19. The van der Waals surface area contributed by atoms with Gasteiger partial charge in [-0.05, 0) is 45.7 Å². The molecule has 0 aliphatic rings. The van der Waals surface area contributed by atoms with Gasteiger partial charge in [0.05, 0.1) is 4.88 Å². The summed E-state index contributed by atoms with van der Waals surface area (Å²) in [4.78, 5) is 14.0. The predicted molar refractivity (Wildman–Crippen MR) is 70.3 cm³/mol. The van der Waals surface area contributed by atoms with Crippen molar-refractivity contribution in [1.82, 2.24) is 5.32 Å². The first-order chi connectivity index (χ1) is 7.33. The summed E-state index contributed by atoms with van der Waals surface area (Å²) in [6, 6.07) is 2.03. The van der Waals surface area contributed by atoms with Crippen LogP contribution in [-0.2, 0) is 6.42 Å². The second kappa shape index (κ2) is 5.00. The molecule has 0 bridgehead atoms. The number of carbonyl (C=O) groups is 1. The van der Waals surface area contributed by atoms with Crippen LogP contribution in [0.2, 0.25) is 0 Å². The molecule has 0 unspecified atom stereocenters. The zero-order valence-corrected chi connectivity index (χ0v) is 11.6. The zero-order valence-electron chi connectivity index (χ0n) is 10.8. The van der Waals surface area contributed by atoms with Crippen molar-refractivity contribution in [3.05, 3.63) is 21.4 Å². The Balaban J connectivity index is 2.81. The van der Waals surface area contributed by atoms with Gasteiger partial charge in [0.25, 0.3) is 5.91 Å². The Morgan fingerprint density at radius 2 is 2.06 bits per heavy atom. The minimum atomic E-state index is -0.167. The molecule has 3 heteroatoms. The van der Waals surface area contributed by atoms with Crippen LogP contribution in [0.15, 0.2) is 6.07 Å². The first kappa shape index (κ1) is 13.2. The van der Waals surface area contributed by atoms with E-state index in [0.29, 0.717) is 0 Å². The van der Waals surface area contributed by atoms with Crippen LogP contribution in [0.1, 0.15) is 54.2 Å². The van der Waals surface area contributed by atoms with E-state index < -0.39 is 0 Å². The van der Waals surface area contributed by atoms with Crippen LogP contribution in [0.4, 0.5) is 0 Å². The highest BCUT2D eigenvalue weighted by Crippen LogP contribution is 2.23. The van der Waals surface area contributed by atoms with Gasteiger partial charge >= 0.3 is 0 Å². The normalized spacial score (nSPS) is 11.6. The van der Waals surface area contributed by atoms with Gasteiger partial charge in [-0.2, -0.15) is 0 Å². The van der Waals surface area contributed by atoms with Crippen molar-refractivity contribution < 1.29 is 4.79 Å². The highest BCUT2D eigenvalue weighted by molar-refractivity contribution is 7.14. The summed E-state index contributed by atoms with van der Waals surface area (Å²) in [7, 11) is 0. The Morgan fingerprint density at radius 1 is 1.44 bits per heavy atom. The lowest BCUT2D eigenvalue weighted by Crippen LogP contribution is -2.40. The van der Waals surface area contributed by atoms with Crippen molar-refractivity contribution in [2.45, 2.75) is 53.0 Å². The third-order valence-electron chi connectivity index (χ3n) is 2.25. The van der Waals surface area contributed by atoms with E-state index in [1.165, 1.54) is 10.4 Å². The van der Waals surface area contributed by atoms with Crippen molar-refractivity contribution in [2.24, 2.45) is 0 Å². The summed E-state index contributed by atoms with van der Waals surface area (Å²) in [5.41, 5.74) is 1.14. The quantitative estimate of drug-likeness (QED) is 0.859. The molecule has 0 aromatic carbocycles. The summed E-state index contributed by atoms with van der Waals surface area (Å²) in [5.74, 6) is 0.0444. The smallest absolute Gasteiger partial charge is 0.261 e. The molecule has 90 valence electrons. The van der Waals surface area contributed by atoms with Gasteiger partial charge in [0, 0.05) is 10.4 Å². The molecule has 0 radical (unpaired) electrons. The molecule has 0 fully saturated rings. The van der Waals surface area contributed by atoms with Gasteiger partial charge in [0.2, 0.25) is 0 Å². The largest absolute Gasteiger partial charge is 0.347 e. The highest BCUT2D eigenvalue weighted by atomic mass is 32.1. The summed E-state index contributed by atoms with van der Waals surface area (Å²) in [6.07, 6.45) is 2.18. The minimum Gasteiger partial charge on any atom is -0.347 e. The monoisotopic (exact) mass is 239 g/mol. The summed E-state index contributed by atoms with van der Waals surface area (Å²) < 4.78 is 0. The van der Waals surface area contributed by atoms with Gasteiger partial charge in [-0.15, -0.1) is 11.3 Å². The number of carbonyl (C=O) groups excluding carboxylic acids is 1. The SMILES string of the molecule is CCCc1cc(C(=O)NC(C)(C)C)sc1C. The van der Waals surface area contributed by atoms with E-state index in [4.69, 9.17) is 0 Å². The fourth-order valence-corrected chi connectivity index (χ4v) is 2.52. The van der Waals surface area contributed by atoms with E-state index in [0.717, 1.165) is 17.7 Å². The molecule has 1 aromatic heterocycles. The number of amides is 1. The Labute approximate surface area is 102 Å².